The van der Waals surface area contributed by atoms with Gasteiger partial charge in [0.1, 0.15) is 11.9 Å². The zero-order valence-corrected chi connectivity index (χ0v) is 13.2. The Hall–Kier alpha value is -0.580. The van der Waals surface area contributed by atoms with Crippen LogP contribution >= 0.6 is 15.9 Å². The van der Waals surface area contributed by atoms with E-state index >= 15 is 0 Å². The minimum absolute atomic E-state index is 0.139. The summed E-state index contributed by atoms with van der Waals surface area (Å²) in [7, 11) is 0. The first kappa shape index (κ1) is 14.8. The van der Waals surface area contributed by atoms with Crippen LogP contribution in [0, 0.1) is 6.92 Å². The van der Waals surface area contributed by atoms with Gasteiger partial charge in [0.2, 0.25) is 0 Å². The highest BCUT2D eigenvalue weighted by molar-refractivity contribution is 9.10. The summed E-state index contributed by atoms with van der Waals surface area (Å²) >= 11 is 3.53. The second-order valence-electron chi connectivity index (χ2n) is 5.16. The zero-order chi connectivity index (χ0) is 13.7. The van der Waals surface area contributed by atoms with E-state index < -0.39 is 0 Å². The lowest BCUT2D eigenvalue weighted by Crippen LogP contribution is -2.34. The average molecular weight is 328 g/mol. The van der Waals surface area contributed by atoms with E-state index in [2.05, 4.69) is 47.2 Å². The molecule has 3 nitrogen and oxygen atoms in total. The van der Waals surface area contributed by atoms with Crippen molar-refractivity contribution < 1.29 is 9.47 Å². The monoisotopic (exact) mass is 327 g/mol. The van der Waals surface area contributed by atoms with E-state index in [-0.39, 0.29) is 6.10 Å². The molecule has 1 aromatic carbocycles. The Balaban J connectivity index is 1.72. The third kappa shape index (κ3) is 4.79. The Morgan fingerprint density at radius 2 is 2.37 bits per heavy atom. The maximum atomic E-state index is 5.91. The summed E-state index contributed by atoms with van der Waals surface area (Å²) in [6.45, 7) is 6.81. The van der Waals surface area contributed by atoms with Gasteiger partial charge in [0.15, 0.2) is 0 Å². The van der Waals surface area contributed by atoms with E-state index in [4.69, 9.17) is 9.47 Å². The number of hydrogen-bond donors (Lipinski definition) is 1. The predicted octanol–water partition coefficient (Wildman–Crippen LogP) is 3.29. The van der Waals surface area contributed by atoms with E-state index in [0.717, 1.165) is 29.9 Å². The van der Waals surface area contributed by atoms with Crippen molar-refractivity contribution in [2.75, 3.05) is 19.7 Å². The number of halogens is 1. The second kappa shape index (κ2) is 7.27. The van der Waals surface area contributed by atoms with Gasteiger partial charge in [-0.1, -0.05) is 6.07 Å². The Bertz CT molecular complexity index is 405. The third-order valence-electron chi connectivity index (χ3n) is 3.24. The lowest BCUT2D eigenvalue weighted by molar-refractivity contribution is 0.106. The summed E-state index contributed by atoms with van der Waals surface area (Å²) in [5.74, 6) is 0.900. The zero-order valence-electron chi connectivity index (χ0n) is 11.6. The quantitative estimate of drug-likeness (QED) is 0.869. The van der Waals surface area contributed by atoms with Gasteiger partial charge in [0.05, 0.1) is 10.6 Å². The Morgan fingerprint density at radius 3 is 3.05 bits per heavy atom. The molecule has 0 saturated carbocycles. The summed E-state index contributed by atoms with van der Waals surface area (Å²) in [5, 5.41) is 3.41. The van der Waals surface area contributed by atoms with E-state index in [1.807, 2.05) is 6.07 Å². The summed E-state index contributed by atoms with van der Waals surface area (Å²) in [6, 6.07) is 6.14. The molecule has 1 fully saturated rings. The average Bonchev–Trinajstić information content (AvgIpc) is 2.86. The SMILES string of the molecule is Cc1ccc(OC(C)CNCC2CCCO2)c(Br)c1. The van der Waals surface area contributed by atoms with Gasteiger partial charge in [-0.2, -0.15) is 0 Å². The summed E-state index contributed by atoms with van der Waals surface area (Å²) < 4.78 is 12.5. The Morgan fingerprint density at radius 1 is 1.53 bits per heavy atom. The highest BCUT2D eigenvalue weighted by Gasteiger charge is 2.15. The highest BCUT2D eigenvalue weighted by atomic mass is 79.9. The fourth-order valence-electron chi connectivity index (χ4n) is 2.21. The molecule has 2 atom stereocenters. The molecule has 0 amide bonds. The number of nitrogens with one attached hydrogen (secondary N) is 1. The lowest BCUT2D eigenvalue weighted by atomic mass is 10.2. The Labute approximate surface area is 123 Å². The maximum absolute atomic E-state index is 5.91. The minimum Gasteiger partial charge on any atom is -0.488 e. The van der Waals surface area contributed by atoms with Crippen molar-refractivity contribution in [2.24, 2.45) is 0 Å². The Kier molecular flexibility index (Phi) is 5.67. The molecule has 2 rings (SSSR count). The van der Waals surface area contributed by atoms with Crippen molar-refractivity contribution in [3.8, 4) is 5.75 Å². The van der Waals surface area contributed by atoms with Gasteiger partial charge in [-0.15, -0.1) is 0 Å². The molecule has 1 N–H and O–H groups in total. The van der Waals surface area contributed by atoms with E-state index in [9.17, 15) is 0 Å². The molecule has 19 heavy (non-hydrogen) atoms. The first-order chi connectivity index (χ1) is 9.15. The van der Waals surface area contributed by atoms with Crippen LogP contribution < -0.4 is 10.1 Å². The van der Waals surface area contributed by atoms with Crippen LogP contribution in [0.3, 0.4) is 0 Å². The molecule has 1 aliphatic rings. The molecular formula is C15H22BrNO2. The first-order valence-corrected chi connectivity index (χ1v) is 7.69. The molecule has 2 unspecified atom stereocenters. The molecule has 4 heteroatoms. The molecule has 0 aliphatic carbocycles. The number of benzene rings is 1. The number of hydrogen-bond acceptors (Lipinski definition) is 3. The molecular weight excluding hydrogens is 306 g/mol. The van der Waals surface area contributed by atoms with E-state index in [0.29, 0.717) is 6.10 Å². The van der Waals surface area contributed by atoms with Gasteiger partial charge < -0.3 is 14.8 Å². The molecule has 1 heterocycles. The number of ether oxygens (including phenoxy) is 2. The molecule has 1 aliphatic heterocycles. The van der Waals surface area contributed by atoms with Crippen molar-refractivity contribution in [3.05, 3.63) is 28.2 Å². The van der Waals surface area contributed by atoms with Crippen molar-refractivity contribution in [3.63, 3.8) is 0 Å². The van der Waals surface area contributed by atoms with Crippen LogP contribution in [-0.2, 0) is 4.74 Å². The topological polar surface area (TPSA) is 30.5 Å². The van der Waals surface area contributed by atoms with Gasteiger partial charge in [0, 0.05) is 19.7 Å². The fraction of sp³-hybridized carbons (Fsp3) is 0.600. The highest BCUT2D eigenvalue weighted by Crippen LogP contribution is 2.26. The van der Waals surface area contributed by atoms with Crippen LogP contribution in [0.5, 0.6) is 5.75 Å². The van der Waals surface area contributed by atoms with Crippen LogP contribution in [0.4, 0.5) is 0 Å². The molecule has 0 radical (unpaired) electrons. The maximum Gasteiger partial charge on any atom is 0.133 e. The predicted molar refractivity (Wildman–Crippen MR) is 80.8 cm³/mol. The van der Waals surface area contributed by atoms with Gasteiger partial charge in [-0.05, 0) is 60.3 Å². The number of aryl methyl sites for hydroxylation is 1. The first-order valence-electron chi connectivity index (χ1n) is 6.90. The lowest BCUT2D eigenvalue weighted by Gasteiger charge is -2.18. The smallest absolute Gasteiger partial charge is 0.133 e. The summed E-state index contributed by atoms with van der Waals surface area (Å²) in [6.07, 6.45) is 2.89. The van der Waals surface area contributed by atoms with E-state index in [1.165, 1.54) is 18.4 Å². The van der Waals surface area contributed by atoms with Gasteiger partial charge >= 0.3 is 0 Å². The normalized spacial score (nSPS) is 20.5. The number of rotatable bonds is 6. The van der Waals surface area contributed by atoms with Gasteiger partial charge in [0.25, 0.3) is 0 Å². The van der Waals surface area contributed by atoms with Crippen molar-refractivity contribution in [2.45, 2.75) is 38.9 Å². The summed E-state index contributed by atoms with van der Waals surface area (Å²) in [4.78, 5) is 0. The third-order valence-corrected chi connectivity index (χ3v) is 3.86. The van der Waals surface area contributed by atoms with Crippen molar-refractivity contribution in [1.29, 1.82) is 0 Å². The summed E-state index contributed by atoms with van der Waals surface area (Å²) in [5.41, 5.74) is 1.23. The van der Waals surface area contributed by atoms with E-state index in [1.54, 1.807) is 0 Å². The van der Waals surface area contributed by atoms with Crippen LogP contribution in [-0.4, -0.2) is 31.9 Å². The molecule has 1 saturated heterocycles. The largest absolute Gasteiger partial charge is 0.488 e. The van der Waals surface area contributed by atoms with Crippen LogP contribution in [0.15, 0.2) is 22.7 Å². The molecule has 0 aromatic heterocycles. The van der Waals surface area contributed by atoms with Crippen molar-refractivity contribution in [1.82, 2.24) is 5.32 Å². The second-order valence-corrected chi connectivity index (χ2v) is 6.01. The van der Waals surface area contributed by atoms with Crippen LogP contribution in [0.2, 0.25) is 0 Å². The van der Waals surface area contributed by atoms with Crippen LogP contribution in [0.25, 0.3) is 0 Å². The molecule has 106 valence electrons. The van der Waals surface area contributed by atoms with Gasteiger partial charge in [-0.3, -0.25) is 0 Å². The van der Waals surface area contributed by atoms with Crippen molar-refractivity contribution >= 4 is 15.9 Å². The van der Waals surface area contributed by atoms with Gasteiger partial charge in [-0.25, -0.2) is 0 Å². The molecule has 1 aromatic rings. The minimum atomic E-state index is 0.139. The fourth-order valence-corrected chi connectivity index (χ4v) is 2.80. The molecule has 0 spiro atoms. The standard InChI is InChI=1S/C15H22BrNO2/c1-11-5-6-15(14(16)8-11)19-12(2)9-17-10-13-4-3-7-18-13/h5-6,8,12-13,17H,3-4,7,9-10H2,1-2H3. The van der Waals surface area contributed by atoms with Crippen LogP contribution in [0.1, 0.15) is 25.3 Å². The molecule has 0 bridgehead atoms.